The lowest BCUT2D eigenvalue weighted by atomic mass is 10.1. The van der Waals surface area contributed by atoms with Gasteiger partial charge in [-0.2, -0.15) is 4.98 Å². The van der Waals surface area contributed by atoms with E-state index >= 15 is 0 Å². The Morgan fingerprint density at radius 2 is 2.17 bits per heavy atom. The highest BCUT2D eigenvalue weighted by Gasteiger charge is 2.28. The molecule has 0 saturated carbocycles. The molecular weight excluding hydrogens is 338 g/mol. The van der Waals surface area contributed by atoms with Crippen LogP contribution in [0.5, 0.6) is 0 Å². The van der Waals surface area contributed by atoms with Crippen LogP contribution in [0, 0.1) is 12.8 Å². The van der Waals surface area contributed by atoms with Gasteiger partial charge in [0.05, 0.1) is 24.5 Å². The quantitative estimate of drug-likeness (QED) is 0.884. The van der Waals surface area contributed by atoms with E-state index in [0.29, 0.717) is 41.9 Å². The molecule has 0 fully saturated rings. The number of hydrogen-bond donors (Lipinski definition) is 1. The molecule has 3 rings (SSSR count). The maximum Gasteiger partial charge on any atom is 0.261 e. The summed E-state index contributed by atoms with van der Waals surface area (Å²) in [6.45, 7) is 6.55. The molecule has 0 atom stereocenters. The molecule has 3 heterocycles. The van der Waals surface area contributed by atoms with Gasteiger partial charge in [0.15, 0.2) is 5.82 Å². The summed E-state index contributed by atoms with van der Waals surface area (Å²) in [6, 6.07) is 0. The van der Waals surface area contributed by atoms with Gasteiger partial charge in [0.25, 0.3) is 5.89 Å². The van der Waals surface area contributed by atoms with Crippen LogP contribution in [0.3, 0.4) is 0 Å². The van der Waals surface area contributed by atoms with E-state index in [2.05, 4.69) is 14.9 Å². The molecule has 0 aliphatic carbocycles. The molecule has 1 N–H and O–H groups in total. The molecule has 9 heteroatoms. The second-order valence-corrected chi connectivity index (χ2v) is 8.81. The minimum Gasteiger partial charge on any atom is -0.376 e. The van der Waals surface area contributed by atoms with Crippen LogP contribution in [0.15, 0.2) is 4.52 Å². The molecule has 23 heavy (non-hydrogen) atoms. The summed E-state index contributed by atoms with van der Waals surface area (Å²) in [5, 5.41) is 4.35. The molecule has 1 aliphatic heterocycles. The molecule has 0 bridgehead atoms. The molecule has 2 aromatic heterocycles. The van der Waals surface area contributed by atoms with Crippen molar-refractivity contribution < 1.29 is 17.7 Å². The Labute approximate surface area is 139 Å². The average molecular weight is 357 g/mol. The predicted octanol–water partition coefficient (Wildman–Crippen LogP) is 2.58. The van der Waals surface area contributed by atoms with Crippen LogP contribution in [0.1, 0.15) is 30.1 Å². The van der Waals surface area contributed by atoms with E-state index in [1.165, 1.54) is 11.3 Å². The van der Waals surface area contributed by atoms with Crippen LogP contribution in [0.25, 0.3) is 11.5 Å². The van der Waals surface area contributed by atoms with Gasteiger partial charge in [0, 0.05) is 4.88 Å². The molecule has 2 aromatic rings. The fourth-order valence-corrected chi connectivity index (χ4v) is 5.47. The van der Waals surface area contributed by atoms with Gasteiger partial charge in [0.1, 0.15) is 5.00 Å². The van der Waals surface area contributed by atoms with Crippen molar-refractivity contribution in [1.82, 2.24) is 10.1 Å². The van der Waals surface area contributed by atoms with Crippen molar-refractivity contribution in [2.75, 3.05) is 17.1 Å². The number of hydrogen-bond acceptors (Lipinski definition) is 7. The number of sulfonamides is 1. The number of nitrogens with one attached hydrogen (secondary N) is 1. The van der Waals surface area contributed by atoms with E-state index in [4.69, 9.17) is 9.26 Å². The SMILES string of the molecule is Cc1noc(-c2c(NS(=O)(=O)CC(C)C)sc3c2CCOC3)n1. The highest BCUT2D eigenvalue weighted by Crippen LogP contribution is 2.42. The lowest BCUT2D eigenvalue weighted by Gasteiger charge is -2.12. The van der Waals surface area contributed by atoms with Crippen LogP contribution in [-0.4, -0.2) is 30.9 Å². The number of thiophene rings is 1. The fourth-order valence-electron chi connectivity index (χ4n) is 2.55. The first kappa shape index (κ1) is 16.4. The van der Waals surface area contributed by atoms with Gasteiger partial charge in [-0.05, 0) is 24.8 Å². The third kappa shape index (κ3) is 3.56. The molecule has 1 aliphatic rings. The van der Waals surface area contributed by atoms with Gasteiger partial charge in [0.2, 0.25) is 10.0 Å². The molecule has 0 amide bonds. The lowest BCUT2D eigenvalue weighted by molar-refractivity contribution is 0.113. The van der Waals surface area contributed by atoms with Crippen LogP contribution < -0.4 is 4.72 Å². The summed E-state index contributed by atoms with van der Waals surface area (Å²) < 4.78 is 38.1. The summed E-state index contributed by atoms with van der Waals surface area (Å²) in [7, 11) is -3.43. The maximum atomic E-state index is 12.3. The average Bonchev–Trinajstić information content (AvgIpc) is 2.99. The molecule has 0 saturated heterocycles. The van der Waals surface area contributed by atoms with Gasteiger partial charge in [-0.1, -0.05) is 19.0 Å². The third-order valence-electron chi connectivity index (χ3n) is 3.36. The van der Waals surface area contributed by atoms with E-state index in [1.807, 2.05) is 13.8 Å². The summed E-state index contributed by atoms with van der Waals surface area (Å²) in [5.41, 5.74) is 1.73. The topological polar surface area (TPSA) is 94.3 Å². The highest BCUT2D eigenvalue weighted by atomic mass is 32.2. The molecule has 0 radical (unpaired) electrons. The summed E-state index contributed by atoms with van der Waals surface area (Å²) in [4.78, 5) is 5.27. The Kier molecular flexibility index (Phi) is 4.43. The number of nitrogens with zero attached hydrogens (tertiary/aromatic N) is 2. The minimum atomic E-state index is -3.43. The van der Waals surface area contributed by atoms with Gasteiger partial charge in [-0.3, -0.25) is 4.72 Å². The van der Waals surface area contributed by atoms with Gasteiger partial charge >= 0.3 is 0 Å². The first-order valence-electron chi connectivity index (χ1n) is 7.39. The van der Waals surface area contributed by atoms with Gasteiger partial charge in [-0.15, -0.1) is 11.3 Å². The number of anilines is 1. The van der Waals surface area contributed by atoms with E-state index in [9.17, 15) is 8.42 Å². The Balaban J connectivity index is 2.04. The number of rotatable bonds is 5. The number of aromatic nitrogens is 2. The molecule has 7 nitrogen and oxygen atoms in total. The molecule has 0 spiro atoms. The molecule has 0 unspecified atom stereocenters. The number of fused-ring (bicyclic) bond motifs is 1. The van der Waals surface area contributed by atoms with E-state index < -0.39 is 10.0 Å². The Hall–Kier alpha value is -1.45. The second kappa shape index (κ2) is 6.21. The van der Waals surface area contributed by atoms with Crippen LogP contribution in [0.4, 0.5) is 5.00 Å². The van der Waals surface area contributed by atoms with Crippen LogP contribution in [0.2, 0.25) is 0 Å². The Bertz CT molecular complexity index is 808. The van der Waals surface area contributed by atoms with Gasteiger partial charge < -0.3 is 9.26 Å². The zero-order valence-electron chi connectivity index (χ0n) is 13.2. The number of ether oxygens (including phenoxy) is 1. The zero-order valence-corrected chi connectivity index (χ0v) is 14.9. The molecule has 0 aromatic carbocycles. The van der Waals surface area contributed by atoms with Crippen molar-refractivity contribution in [3.05, 3.63) is 16.3 Å². The third-order valence-corrected chi connectivity index (χ3v) is 6.23. The maximum absolute atomic E-state index is 12.3. The van der Waals surface area contributed by atoms with E-state index in [0.717, 1.165) is 10.4 Å². The van der Waals surface area contributed by atoms with Crippen molar-refractivity contribution in [3.63, 3.8) is 0 Å². The van der Waals surface area contributed by atoms with E-state index in [-0.39, 0.29) is 11.7 Å². The standard InChI is InChI=1S/C14H19N3O4S2/c1-8(2)7-23(18,19)17-14-12(13-15-9(3)16-21-13)10-4-5-20-6-11(10)22-14/h8,17H,4-7H2,1-3H3. The summed E-state index contributed by atoms with van der Waals surface area (Å²) in [5.74, 6) is 0.973. The normalized spacial score (nSPS) is 15.0. The van der Waals surface area contributed by atoms with Crippen LogP contribution in [-0.2, 0) is 27.8 Å². The number of aryl methyl sites for hydroxylation is 1. The summed E-state index contributed by atoms with van der Waals surface area (Å²) >= 11 is 1.38. The van der Waals surface area contributed by atoms with Crippen molar-refractivity contribution in [1.29, 1.82) is 0 Å². The largest absolute Gasteiger partial charge is 0.376 e. The van der Waals surface area contributed by atoms with Crippen molar-refractivity contribution in [2.24, 2.45) is 5.92 Å². The summed E-state index contributed by atoms with van der Waals surface area (Å²) in [6.07, 6.45) is 0.703. The first-order chi connectivity index (χ1) is 10.9. The lowest BCUT2D eigenvalue weighted by Crippen LogP contribution is -2.19. The predicted molar refractivity (Wildman–Crippen MR) is 88.0 cm³/mol. The van der Waals surface area contributed by atoms with Gasteiger partial charge in [-0.25, -0.2) is 8.42 Å². The Morgan fingerprint density at radius 3 is 2.83 bits per heavy atom. The van der Waals surface area contributed by atoms with Crippen molar-refractivity contribution >= 4 is 26.4 Å². The van der Waals surface area contributed by atoms with Crippen molar-refractivity contribution in [2.45, 2.75) is 33.8 Å². The van der Waals surface area contributed by atoms with Crippen LogP contribution >= 0.6 is 11.3 Å². The highest BCUT2D eigenvalue weighted by molar-refractivity contribution is 7.92. The monoisotopic (exact) mass is 357 g/mol. The first-order valence-corrected chi connectivity index (χ1v) is 9.86. The zero-order chi connectivity index (χ0) is 16.6. The second-order valence-electron chi connectivity index (χ2n) is 5.93. The molecular formula is C14H19N3O4S2. The smallest absolute Gasteiger partial charge is 0.261 e. The van der Waals surface area contributed by atoms with E-state index in [1.54, 1.807) is 6.92 Å². The minimum absolute atomic E-state index is 0.0412. The Morgan fingerprint density at radius 1 is 1.39 bits per heavy atom. The fraction of sp³-hybridized carbons (Fsp3) is 0.571. The van der Waals surface area contributed by atoms with Crippen molar-refractivity contribution in [3.8, 4) is 11.5 Å². The molecule has 126 valence electrons.